The highest BCUT2D eigenvalue weighted by Gasteiger charge is 2.08. The normalized spacial score (nSPS) is 11.0. The van der Waals surface area contributed by atoms with Gasteiger partial charge < -0.3 is 4.57 Å². The van der Waals surface area contributed by atoms with Crippen LogP contribution in [0.2, 0.25) is 0 Å². The van der Waals surface area contributed by atoms with Crippen molar-refractivity contribution in [1.82, 2.24) is 9.55 Å². The van der Waals surface area contributed by atoms with Gasteiger partial charge in [-0.1, -0.05) is 12.1 Å². The Morgan fingerprint density at radius 3 is 2.35 bits per heavy atom. The molecule has 0 aliphatic rings. The van der Waals surface area contributed by atoms with Gasteiger partial charge in [-0.15, -0.1) is 0 Å². The molecule has 3 heteroatoms. The van der Waals surface area contributed by atoms with E-state index in [0.717, 1.165) is 29.9 Å². The van der Waals surface area contributed by atoms with Crippen LogP contribution in [0.25, 0.3) is 5.82 Å². The summed E-state index contributed by atoms with van der Waals surface area (Å²) in [5.41, 5.74) is 5.59. The van der Waals surface area contributed by atoms with Gasteiger partial charge in [-0.2, -0.15) is 0 Å². The monoisotopic (exact) mass is 308 g/mol. The molecule has 1 aromatic carbocycles. The molecule has 0 atom stereocenters. The third kappa shape index (κ3) is 3.50. The summed E-state index contributed by atoms with van der Waals surface area (Å²) in [6.07, 6.45) is 1.59. The molecule has 2 heterocycles. The summed E-state index contributed by atoms with van der Waals surface area (Å²) < 4.78 is 15.4. The van der Waals surface area contributed by atoms with E-state index >= 15 is 0 Å². The van der Waals surface area contributed by atoms with Crippen molar-refractivity contribution in [2.45, 2.75) is 33.6 Å². The Balaban J connectivity index is 1.86. The first-order chi connectivity index (χ1) is 11.0. The van der Waals surface area contributed by atoms with Gasteiger partial charge in [-0.3, -0.25) is 0 Å². The maximum Gasteiger partial charge on any atom is 0.137 e. The van der Waals surface area contributed by atoms with Gasteiger partial charge in [0, 0.05) is 17.1 Å². The molecule has 3 aromatic rings. The fraction of sp³-hybridized carbons (Fsp3) is 0.250. The number of aromatic nitrogens is 2. The number of halogens is 1. The van der Waals surface area contributed by atoms with Gasteiger partial charge in [-0.05, 0) is 81.1 Å². The van der Waals surface area contributed by atoms with Crippen molar-refractivity contribution in [3.05, 3.63) is 82.6 Å². The van der Waals surface area contributed by atoms with Gasteiger partial charge in [0.1, 0.15) is 11.6 Å². The van der Waals surface area contributed by atoms with Crippen molar-refractivity contribution < 1.29 is 4.39 Å². The Morgan fingerprint density at radius 2 is 1.65 bits per heavy atom. The summed E-state index contributed by atoms with van der Waals surface area (Å²) in [6, 6.07) is 15.2. The lowest BCUT2D eigenvalue weighted by Gasteiger charge is -2.12. The van der Waals surface area contributed by atoms with Gasteiger partial charge in [-0.25, -0.2) is 9.37 Å². The Hall–Kier alpha value is -2.42. The van der Waals surface area contributed by atoms with Gasteiger partial charge in [0.25, 0.3) is 0 Å². The van der Waals surface area contributed by atoms with E-state index in [9.17, 15) is 4.39 Å². The maximum absolute atomic E-state index is 13.3. The van der Waals surface area contributed by atoms with E-state index in [1.54, 1.807) is 12.1 Å². The van der Waals surface area contributed by atoms with Crippen LogP contribution in [0.1, 0.15) is 28.2 Å². The summed E-state index contributed by atoms with van der Waals surface area (Å²) in [5, 5.41) is 0. The number of hydrogen-bond acceptors (Lipinski definition) is 1. The average molecular weight is 308 g/mol. The van der Waals surface area contributed by atoms with E-state index < -0.39 is 0 Å². The van der Waals surface area contributed by atoms with Crippen molar-refractivity contribution >= 4 is 0 Å². The fourth-order valence-corrected chi connectivity index (χ4v) is 2.96. The molecule has 0 saturated carbocycles. The first kappa shape index (κ1) is 15.5. The molecular formula is C20H21FN2. The van der Waals surface area contributed by atoms with Crippen molar-refractivity contribution in [2.24, 2.45) is 0 Å². The molecule has 0 aliphatic carbocycles. The van der Waals surface area contributed by atoms with Crippen molar-refractivity contribution in [3.63, 3.8) is 0 Å². The van der Waals surface area contributed by atoms with Crippen LogP contribution in [-0.2, 0) is 12.8 Å². The molecule has 23 heavy (non-hydrogen) atoms. The molecule has 0 fully saturated rings. The number of hydrogen-bond donors (Lipinski definition) is 0. The van der Waals surface area contributed by atoms with Crippen LogP contribution in [-0.4, -0.2) is 9.55 Å². The number of benzene rings is 1. The second-order valence-corrected chi connectivity index (χ2v) is 6.08. The third-order valence-corrected chi connectivity index (χ3v) is 4.07. The molecule has 0 amide bonds. The predicted octanol–water partition coefficient (Wildman–Crippen LogP) is 4.72. The summed E-state index contributed by atoms with van der Waals surface area (Å²) >= 11 is 0. The van der Waals surface area contributed by atoms with Gasteiger partial charge in [0.05, 0.1) is 0 Å². The van der Waals surface area contributed by atoms with Crippen LogP contribution in [0.15, 0.2) is 48.5 Å². The molecule has 2 nitrogen and oxygen atoms in total. The Bertz CT molecular complexity index is 814. The van der Waals surface area contributed by atoms with E-state index in [1.807, 2.05) is 6.07 Å². The number of aryl methyl sites for hydroxylation is 5. The number of rotatable bonds is 4. The Labute approximate surface area is 136 Å². The van der Waals surface area contributed by atoms with Crippen LogP contribution in [0.5, 0.6) is 0 Å². The first-order valence-electron chi connectivity index (χ1n) is 7.90. The summed E-state index contributed by atoms with van der Waals surface area (Å²) in [5.74, 6) is 0.776. The summed E-state index contributed by atoms with van der Waals surface area (Å²) in [7, 11) is 0. The summed E-state index contributed by atoms with van der Waals surface area (Å²) in [6.45, 7) is 6.26. The van der Waals surface area contributed by atoms with Crippen LogP contribution in [0.4, 0.5) is 4.39 Å². The Morgan fingerprint density at radius 1 is 0.913 bits per heavy atom. The van der Waals surface area contributed by atoms with Gasteiger partial charge in [0.2, 0.25) is 0 Å². The van der Waals surface area contributed by atoms with Crippen molar-refractivity contribution in [2.75, 3.05) is 0 Å². The highest BCUT2D eigenvalue weighted by atomic mass is 19.1. The average Bonchev–Trinajstić information content (AvgIpc) is 2.84. The van der Waals surface area contributed by atoms with E-state index in [-0.39, 0.29) is 5.82 Å². The van der Waals surface area contributed by atoms with Gasteiger partial charge in [0.15, 0.2) is 0 Å². The lowest BCUT2D eigenvalue weighted by atomic mass is 10.1. The minimum atomic E-state index is -0.181. The van der Waals surface area contributed by atoms with E-state index in [4.69, 9.17) is 4.98 Å². The minimum absolute atomic E-state index is 0.181. The maximum atomic E-state index is 13.3. The van der Waals surface area contributed by atoms with Crippen molar-refractivity contribution in [1.29, 1.82) is 0 Å². The standard InChI is InChI=1S/C20H21FN2/c1-14-11-19(10-9-17-5-4-6-18(21)13-17)22-20(12-14)23-15(2)7-8-16(23)3/h4-8,11-13H,9-10H2,1-3H3. The molecule has 0 bridgehead atoms. The topological polar surface area (TPSA) is 17.8 Å². The van der Waals surface area contributed by atoms with Crippen LogP contribution < -0.4 is 0 Å². The summed E-state index contributed by atoms with van der Waals surface area (Å²) in [4.78, 5) is 4.80. The SMILES string of the molecule is Cc1cc(CCc2cccc(F)c2)nc(-n2c(C)ccc2C)c1. The molecule has 118 valence electrons. The van der Waals surface area contributed by atoms with Crippen LogP contribution in [0, 0.1) is 26.6 Å². The predicted molar refractivity (Wildman–Crippen MR) is 91.6 cm³/mol. The van der Waals surface area contributed by atoms with E-state index in [0.29, 0.717) is 0 Å². The quantitative estimate of drug-likeness (QED) is 0.682. The largest absolute Gasteiger partial charge is 0.303 e. The fourth-order valence-electron chi connectivity index (χ4n) is 2.96. The molecular weight excluding hydrogens is 287 g/mol. The third-order valence-electron chi connectivity index (χ3n) is 4.07. The zero-order valence-electron chi connectivity index (χ0n) is 13.8. The second-order valence-electron chi connectivity index (χ2n) is 6.08. The molecule has 0 aliphatic heterocycles. The second kappa shape index (κ2) is 6.37. The van der Waals surface area contributed by atoms with E-state index in [1.165, 1.54) is 23.0 Å². The molecule has 2 aromatic heterocycles. The highest BCUT2D eigenvalue weighted by Crippen LogP contribution is 2.17. The smallest absolute Gasteiger partial charge is 0.137 e. The lowest BCUT2D eigenvalue weighted by molar-refractivity contribution is 0.625. The molecule has 0 N–H and O–H groups in total. The number of nitrogens with zero attached hydrogens (tertiary/aromatic N) is 2. The molecule has 0 unspecified atom stereocenters. The van der Waals surface area contributed by atoms with Crippen LogP contribution >= 0.6 is 0 Å². The molecule has 0 spiro atoms. The van der Waals surface area contributed by atoms with Crippen LogP contribution in [0.3, 0.4) is 0 Å². The molecule has 0 radical (unpaired) electrons. The number of pyridine rings is 1. The zero-order valence-corrected chi connectivity index (χ0v) is 13.8. The lowest BCUT2D eigenvalue weighted by Crippen LogP contribution is -2.05. The molecule has 0 saturated heterocycles. The van der Waals surface area contributed by atoms with E-state index in [2.05, 4.69) is 49.6 Å². The van der Waals surface area contributed by atoms with Gasteiger partial charge >= 0.3 is 0 Å². The minimum Gasteiger partial charge on any atom is -0.303 e. The Kier molecular flexibility index (Phi) is 4.28. The zero-order chi connectivity index (χ0) is 16.4. The highest BCUT2D eigenvalue weighted by molar-refractivity contribution is 5.36. The first-order valence-corrected chi connectivity index (χ1v) is 7.90. The molecule has 3 rings (SSSR count). The van der Waals surface area contributed by atoms with Crippen molar-refractivity contribution in [3.8, 4) is 5.82 Å².